The molecule has 3 heterocycles. The van der Waals surface area contributed by atoms with Gasteiger partial charge < -0.3 is 9.64 Å². The molecule has 0 radical (unpaired) electrons. The van der Waals surface area contributed by atoms with Gasteiger partial charge in [-0.3, -0.25) is 9.80 Å². The molecule has 0 atom stereocenters. The van der Waals surface area contributed by atoms with Crippen molar-refractivity contribution in [2.75, 3.05) is 52.4 Å². The molecule has 0 spiro atoms. The molecule has 2 saturated heterocycles. The van der Waals surface area contributed by atoms with Crippen LogP contribution in [0.4, 0.5) is 0 Å². The van der Waals surface area contributed by atoms with E-state index in [0.717, 1.165) is 43.9 Å². The summed E-state index contributed by atoms with van der Waals surface area (Å²) in [6, 6.07) is 8.25. The fraction of sp³-hybridized carbons (Fsp3) is 0.583. The number of piperidine rings is 1. The minimum atomic E-state index is -0.329. The highest BCUT2D eigenvalue weighted by molar-refractivity contribution is 6.32. The number of para-hydroxylation sites is 1. The van der Waals surface area contributed by atoms with E-state index in [1.807, 2.05) is 31.2 Å². The lowest BCUT2D eigenvalue weighted by Crippen LogP contribution is -2.53. The van der Waals surface area contributed by atoms with Crippen molar-refractivity contribution in [3.63, 3.8) is 0 Å². The van der Waals surface area contributed by atoms with Gasteiger partial charge in [0, 0.05) is 51.9 Å². The first-order valence-electron chi connectivity index (χ1n) is 11.8. The fourth-order valence-corrected chi connectivity index (χ4v) is 5.05. The molecular weight excluding hydrogens is 426 g/mol. The predicted octanol–water partition coefficient (Wildman–Crippen LogP) is 3.30. The van der Waals surface area contributed by atoms with Crippen LogP contribution in [0.2, 0.25) is 5.02 Å². The van der Waals surface area contributed by atoms with Gasteiger partial charge in [-0.05, 0) is 38.4 Å². The van der Waals surface area contributed by atoms with Gasteiger partial charge in [-0.1, -0.05) is 30.7 Å². The highest BCUT2D eigenvalue weighted by Crippen LogP contribution is 2.26. The van der Waals surface area contributed by atoms with E-state index >= 15 is 0 Å². The first-order chi connectivity index (χ1) is 15.6. The third kappa shape index (κ3) is 5.17. The average Bonchev–Trinajstić information content (AvgIpc) is 3.23. The van der Waals surface area contributed by atoms with E-state index in [1.54, 1.807) is 10.9 Å². The first-order valence-corrected chi connectivity index (χ1v) is 12.2. The second-order valence-corrected chi connectivity index (χ2v) is 8.97. The lowest BCUT2D eigenvalue weighted by atomic mass is 10.0. The van der Waals surface area contributed by atoms with Gasteiger partial charge >= 0.3 is 5.97 Å². The first kappa shape index (κ1) is 23.2. The number of esters is 1. The van der Waals surface area contributed by atoms with E-state index in [0.29, 0.717) is 29.8 Å². The Morgan fingerprint density at radius 3 is 2.44 bits per heavy atom. The van der Waals surface area contributed by atoms with Crippen LogP contribution in [0.15, 0.2) is 30.5 Å². The molecule has 0 amide bonds. The van der Waals surface area contributed by atoms with Crippen LogP contribution >= 0.6 is 11.6 Å². The van der Waals surface area contributed by atoms with E-state index in [1.165, 1.54) is 26.2 Å². The Balaban J connectivity index is 1.46. The van der Waals surface area contributed by atoms with E-state index < -0.39 is 0 Å². The molecule has 0 aliphatic carbocycles. The van der Waals surface area contributed by atoms with Gasteiger partial charge in [0.1, 0.15) is 5.56 Å². The zero-order valence-electron chi connectivity index (χ0n) is 19.2. The Hall–Kier alpha value is -1.93. The van der Waals surface area contributed by atoms with Crippen molar-refractivity contribution in [2.45, 2.75) is 39.3 Å². The van der Waals surface area contributed by atoms with Gasteiger partial charge in [-0.25, -0.2) is 9.48 Å². The van der Waals surface area contributed by atoms with Crippen molar-refractivity contribution >= 4 is 17.6 Å². The second-order valence-electron chi connectivity index (χ2n) is 8.57. The van der Waals surface area contributed by atoms with Crippen LogP contribution in [0.25, 0.3) is 5.69 Å². The molecule has 32 heavy (non-hydrogen) atoms. The summed E-state index contributed by atoms with van der Waals surface area (Å²) in [4.78, 5) is 20.2. The molecule has 174 valence electrons. The number of piperazine rings is 1. The van der Waals surface area contributed by atoms with Crippen LogP contribution < -0.4 is 0 Å². The normalized spacial score (nSPS) is 19.3. The molecule has 2 fully saturated rings. The number of ether oxygens (including phenoxy) is 1. The molecule has 0 saturated carbocycles. The van der Waals surface area contributed by atoms with E-state index in [2.05, 4.69) is 26.7 Å². The lowest BCUT2D eigenvalue weighted by Gasteiger charge is -2.42. The molecule has 7 nitrogen and oxygen atoms in total. The van der Waals surface area contributed by atoms with Crippen LogP contribution in [0.1, 0.15) is 42.7 Å². The monoisotopic (exact) mass is 459 g/mol. The van der Waals surface area contributed by atoms with E-state index in [9.17, 15) is 4.79 Å². The Labute approximate surface area is 195 Å². The zero-order chi connectivity index (χ0) is 22.5. The Morgan fingerprint density at radius 2 is 1.78 bits per heavy atom. The molecule has 2 aliphatic rings. The highest BCUT2D eigenvalue weighted by Gasteiger charge is 2.29. The van der Waals surface area contributed by atoms with Crippen LogP contribution in [-0.2, 0) is 11.3 Å². The van der Waals surface area contributed by atoms with Gasteiger partial charge in [0.2, 0.25) is 0 Å². The minimum Gasteiger partial charge on any atom is -0.462 e. The van der Waals surface area contributed by atoms with Crippen molar-refractivity contribution in [1.82, 2.24) is 24.5 Å². The van der Waals surface area contributed by atoms with E-state index in [-0.39, 0.29) is 5.97 Å². The van der Waals surface area contributed by atoms with Crippen molar-refractivity contribution in [1.29, 1.82) is 0 Å². The summed E-state index contributed by atoms with van der Waals surface area (Å²) >= 11 is 6.45. The number of carbonyl (C=O) groups is 1. The Bertz CT molecular complexity index is 902. The topological polar surface area (TPSA) is 53.8 Å². The van der Waals surface area contributed by atoms with Gasteiger partial charge in [-0.2, -0.15) is 5.10 Å². The molecule has 8 heteroatoms. The summed E-state index contributed by atoms with van der Waals surface area (Å²) in [6.45, 7) is 12.9. The Morgan fingerprint density at radius 1 is 1.06 bits per heavy atom. The summed E-state index contributed by atoms with van der Waals surface area (Å²) in [5.74, 6) is -0.329. The molecule has 2 aromatic rings. The number of benzene rings is 1. The molecule has 1 aromatic heterocycles. The van der Waals surface area contributed by atoms with E-state index in [4.69, 9.17) is 16.3 Å². The molecule has 0 N–H and O–H groups in total. The number of likely N-dealkylation sites (N-methyl/N-ethyl adjacent to an activating group) is 1. The predicted molar refractivity (Wildman–Crippen MR) is 127 cm³/mol. The molecule has 0 unspecified atom stereocenters. The number of rotatable bonds is 7. The summed E-state index contributed by atoms with van der Waals surface area (Å²) in [5, 5.41) is 5.12. The van der Waals surface area contributed by atoms with Crippen molar-refractivity contribution in [3.8, 4) is 5.69 Å². The zero-order valence-corrected chi connectivity index (χ0v) is 19.9. The van der Waals surface area contributed by atoms with Crippen LogP contribution in [0.3, 0.4) is 0 Å². The quantitative estimate of drug-likeness (QED) is 0.592. The van der Waals surface area contributed by atoms with Gasteiger partial charge in [0.25, 0.3) is 0 Å². The third-order valence-electron chi connectivity index (χ3n) is 6.75. The summed E-state index contributed by atoms with van der Waals surface area (Å²) < 4.78 is 7.09. The van der Waals surface area contributed by atoms with Crippen molar-refractivity contribution in [3.05, 3.63) is 46.7 Å². The van der Waals surface area contributed by atoms with Crippen LogP contribution in [0.5, 0.6) is 0 Å². The second kappa shape index (κ2) is 10.8. The average molecular weight is 460 g/mol. The number of halogens is 1. The summed E-state index contributed by atoms with van der Waals surface area (Å²) in [5.41, 5.74) is 2.14. The maximum atomic E-state index is 12.6. The lowest BCUT2D eigenvalue weighted by molar-refractivity contribution is 0.0515. The third-order valence-corrected chi connectivity index (χ3v) is 7.07. The Kier molecular flexibility index (Phi) is 7.84. The van der Waals surface area contributed by atoms with Crippen LogP contribution in [0, 0.1) is 0 Å². The van der Waals surface area contributed by atoms with Gasteiger partial charge in [-0.15, -0.1) is 0 Å². The number of nitrogens with zero attached hydrogens (tertiary/aromatic N) is 5. The fourth-order valence-electron chi connectivity index (χ4n) is 4.84. The summed E-state index contributed by atoms with van der Waals surface area (Å²) in [7, 11) is 0. The minimum absolute atomic E-state index is 0.329. The van der Waals surface area contributed by atoms with Crippen LogP contribution in [-0.4, -0.2) is 88.9 Å². The molecule has 1 aromatic carbocycles. The maximum absolute atomic E-state index is 12.6. The van der Waals surface area contributed by atoms with Gasteiger partial charge in [0.15, 0.2) is 0 Å². The number of hydrogen-bond acceptors (Lipinski definition) is 6. The number of hydrogen-bond donors (Lipinski definition) is 0. The SMILES string of the molecule is CCOC(=O)c1cnn(-c2ccccc2Cl)c1CN1CCC(N2CCN(CC)CC2)CC1. The number of aromatic nitrogens is 2. The highest BCUT2D eigenvalue weighted by atomic mass is 35.5. The number of likely N-dealkylation sites (tertiary alicyclic amines) is 1. The smallest absolute Gasteiger partial charge is 0.341 e. The van der Waals surface area contributed by atoms with Crippen molar-refractivity contribution in [2.24, 2.45) is 0 Å². The molecule has 0 bridgehead atoms. The maximum Gasteiger partial charge on any atom is 0.341 e. The molecule has 2 aliphatic heterocycles. The number of carbonyl (C=O) groups excluding carboxylic acids is 1. The van der Waals surface area contributed by atoms with Gasteiger partial charge in [0.05, 0.1) is 29.2 Å². The van der Waals surface area contributed by atoms with Crippen molar-refractivity contribution < 1.29 is 9.53 Å². The molecular formula is C24H34ClN5O2. The standard InChI is InChI=1S/C24H34ClN5O2/c1-3-27-13-15-29(16-14-27)19-9-11-28(12-10-19)18-23-20(24(31)32-4-2)17-26-30(23)22-8-6-5-7-21(22)25/h5-8,17,19H,3-4,9-16,18H2,1-2H3. The largest absolute Gasteiger partial charge is 0.462 e. The summed E-state index contributed by atoms with van der Waals surface area (Å²) in [6.07, 6.45) is 3.92. The molecule has 4 rings (SSSR count).